The predicted molar refractivity (Wildman–Crippen MR) is 102 cm³/mol. The molecule has 0 bridgehead atoms. The number of nitrogens with zero attached hydrogens (tertiary/aromatic N) is 1. The average molecular weight is 386 g/mol. The summed E-state index contributed by atoms with van der Waals surface area (Å²) in [6.45, 7) is 1.90. The molecule has 0 atom stereocenters. The largest absolute Gasteiger partial charge is 0.497 e. The third-order valence-corrected chi connectivity index (χ3v) is 4.39. The van der Waals surface area contributed by atoms with Crippen molar-refractivity contribution in [1.82, 2.24) is 15.5 Å². The molecule has 0 spiro atoms. The van der Waals surface area contributed by atoms with Crippen LogP contribution in [0.5, 0.6) is 11.5 Å². The van der Waals surface area contributed by atoms with Gasteiger partial charge in [-0.05, 0) is 32.0 Å². The lowest BCUT2D eigenvalue weighted by Gasteiger charge is -2.32. The summed E-state index contributed by atoms with van der Waals surface area (Å²) in [5, 5.41) is 5.99. The van der Waals surface area contributed by atoms with Crippen LogP contribution < -0.4 is 20.1 Å². The zero-order chi connectivity index (χ0) is 18.2. The highest BCUT2D eigenvalue weighted by molar-refractivity contribution is 5.97. The molecule has 0 unspecified atom stereocenters. The summed E-state index contributed by atoms with van der Waals surface area (Å²) >= 11 is 0. The second-order valence-electron chi connectivity index (χ2n) is 6.05. The van der Waals surface area contributed by atoms with Crippen molar-refractivity contribution in [1.29, 1.82) is 0 Å². The number of carbonyl (C=O) groups excluding carboxylic acids is 2. The van der Waals surface area contributed by atoms with E-state index in [1.165, 1.54) is 0 Å². The maximum absolute atomic E-state index is 12.8. The normalized spacial score (nSPS) is 14.3. The molecule has 2 N–H and O–H groups in total. The van der Waals surface area contributed by atoms with Crippen molar-refractivity contribution in [2.45, 2.75) is 25.3 Å². The van der Waals surface area contributed by atoms with Crippen molar-refractivity contribution < 1.29 is 19.1 Å². The fourth-order valence-corrected chi connectivity index (χ4v) is 2.91. The Morgan fingerprint density at radius 2 is 1.88 bits per heavy atom. The molecule has 26 heavy (non-hydrogen) atoms. The van der Waals surface area contributed by atoms with Crippen LogP contribution in [0, 0.1) is 0 Å². The second-order valence-corrected chi connectivity index (χ2v) is 6.05. The Kier molecular flexibility index (Phi) is 9.23. The second kappa shape index (κ2) is 10.9. The first-order valence-corrected chi connectivity index (χ1v) is 8.54. The number of amides is 2. The predicted octanol–water partition coefficient (Wildman–Crippen LogP) is 1.46. The third kappa shape index (κ3) is 5.78. The van der Waals surface area contributed by atoms with Gasteiger partial charge in [0.05, 0.1) is 19.8 Å². The van der Waals surface area contributed by atoms with E-state index in [-0.39, 0.29) is 30.3 Å². The zero-order valence-electron chi connectivity index (χ0n) is 15.5. The van der Waals surface area contributed by atoms with Gasteiger partial charge in [0, 0.05) is 38.2 Å². The summed E-state index contributed by atoms with van der Waals surface area (Å²) in [5.41, 5.74) is 0.528. The fraction of sp³-hybridized carbons (Fsp3) is 0.556. The standard InChI is InChI=1S/C18H27N3O4.ClH/c1-19-9-6-17(22)20-13-7-10-21(11-8-13)18(23)15-5-4-14(24-2)12-16(15)25-3;/h4-5,12-13,19H,6-11H2,1-3H3,(H,20,22);1H. The number of piperidine rings is 1. The van der Waals surface area contributed by atoms with Crippen LogP contribution in [0.3, 0.4) is 0 Å². The number of methoxy groups -OCH3 is 2. The molecule has 1 aromatic rings. The average Bonchev–Trinajstić information content (AvgIpc) is 2.65. The van der Waals surface area contributed by atoms with Gasteiger partial charge in [-0.2, -0.15) is 0 Å². The highest BCUT2D eigenvalue weighted by Crippen LogP contribution is 2.26. The smallest absolute Gasteiger partial charge is 0.257 e. The van der Waals surface area contributed by atoms with Gasteiger partial charge in [-0.1, -0.05) is 0 Å². The number of likely N-dealkylation sites (tertiary alicyclic amines) is 1. The van der Waals surface area contributed by atoms with Gasteiger partial charge in [0.2, 0.25) is 5.91 Å². The van der Waals surface area contributed by atoms with E-state index in [1.807, 2.05) is 7.05 Å². The van der Waals surface area contributed by atoms with Gasteiger partial charge in [-0.15, -0.1) is 12.4 Å². The minimum atomic E-state index is -0.0561. The van der Waals surface area contributed by atoms with E-state index in [2.05, 4.69) is 10.6 Å². The van der Waals surface area contributed by atoms with E-state index in [0.29, 0.717) is 43.1 Å². The van der Waals surface area contributed by atoms with Crippen molar-refractivity contribution in [3.8, 4) is 11.5 Å². The molecule has 2 rings (SSSR count). The Morgan fingerprint density at radius 3 is 2.46 bits per heavy atom. The maximum Gasteiger partial charge on any atom is 0.257 e. The Bertz CT molecular complexity index is 604. The van der Waals surface area contributed by atoms with Crippen molar-refractivity contribution in [2.75, 3.05) is 40.9 Å². The van der Waals surface area contributed by atoms with E-state index < -0.39 is 0 Å². The van der Waals surface area contributed by atoms with Crippen LogP contribution in [0.4, 0.5) is 0 Å². The molecule has 1 aromatic carbocycles. The van der Waals surface area contributed by atoms with Crippen LogP contribution in [-0.4, -0.2) is 63.7 Å². The van der Waals surface area contributed by atoms with E-state index >= 15 is 0 Å². The fourth-order valence-electron chi connectivity index (χ4n) is 2.91. The van der Waals surface area contributed by atoms with Gasteiger partial charge in [0.15, 0.2) is 0 Å². The molecule has 0 saturated carbocycles. The van der Waals surface area contributed by atoms with E-state index in [9.17, 15) is 9.59 Å². The number of nitrogens with one attached hydrogen (secondary N) is 2. The Balaban J connectivity index is 0.00000338. The van der Waals surface area contributed by atoms with E-state index in [1.54, 1.807) is 37.3 Å². The highest BCUT2D eigenvalue weighted by Gasteiger charge is 2.26. The zero-order valence-corrected chi connectivity index (χ0v) is 16.4. The Morgan fingerprint density at radius 1 is 1.19 bits per heavy atom. The van der Waals surface area contributed by atoms with E-state index in [0.717, 1.165) is 12.8 Å². The van der Waals surface area contributed by atoms with Crippen molar-refractivity contribution in [2.24, 2.45) is 0 Å². The Hall–Kier alpha value is -1.99. The van der Waals surface area contributed by atoms with Crippen LogP contribution in [0.15, 0.2) is 18.2 Å². The lowest BCUT2D eigenvalue weighted by Crippen LogP contribution is -2.46. The first kappa shape index (κ1) is 22.1. The molecule has 1 saturated heterocycles. The van der Waals surface area contributed by atoms with Gasteiger partial charge in [-0.25, -0.2) is 0 Å². The van der Waals surface area contributed by atoms with E-state index in [4.69, 9.17) is 9.47 Å². The molecule has 8 heteroatoms. The topological polar surface area (TPSA) is 79.9 Å². The van der Waals surface area contributed by atoms with Gasteiger partial charge in [0.25, 0.3) is 5.91 Å². The third-order valence-electron chi connectivity index (χ3n) is 4.39. The lowest BCUT2D eigenvalue weighted by atomic mass is 10.0. The number of hydrogen-bond acceptors (Lipinski definition) is 5. The molecule has 0 radical (unpaired) electrons. The molecule has 146 valence electrons. The molecule has 1 aliphatic rings. The minimum Gasteiger partial charge on any atom is -0.497 e. The molecule has 1 aliphatic heterocycles. The highest BCUT2D eigenvalue weighted by atomic mass is 35.5. The number of ether oxygens (including phenoxy) is 2. The molecule has 1 fully saturated rings. The number of rotatable bonds is 7. The van der Waals surface area contributed by atoms with Gasteiger partial charge in [0.1, 0.15) is 11.5 Å². The summed E-state index contributed by atoms with van der Waals surface area (Å²) in [5.74, 6) is 1.15. The number of hydrogen-bond donors (Lipinski definition) is 2. The molecule has 2 amide bonds. The molecule has 0 aromatic heterocycles. The number of halogens is 1. The van der Waals surface area contributed by atoms with Gasteiger partial charge in [-0.3, -0.25) is 9.59 Å². The summed E-state index contributed by atoms with van der Waals surface area (Å²) in [6, 6.07) is 5.32. The summed E-state index contributed by atoms with van der Waals surface area (Å²) < 4.78 is 10.5. The van der Waals surface area contributed by atoms with Crippen LogP contribution in [0.25, 0.3) is 0 Å². The van der Waals surface area contributed by atoms with Crippen molar-refractivity contribution in [3.63, 3.8) is 0 Å². The van der Waals surface area contributed by atoms with Crippen LogP contribution in [0.2, 0.25) is 0 Å². The van der Waals surface area contributed by atoms with Crippen molar-refractivity contribution >= 4 is 24.2 Å². The number of benzene rings is 1. The minimum absolute atomic E-state index is 0. The summed E-state index contributed by atoms with van der Waals surface area (Å²) in [6.07, 6.45) is 1.99. The first-order valence-electron chi connectivity index (χ1n) is 8.54. The van der Waals surface area contributed by atoms with Gasteiger partial charge < -0.3 is 25.0 Å². The molecular weight excluding hydrogens is 358 g/mol. The molecule has 1 heterocycles. The van der Waals surface area contributed by atoms with Crippen LogP contribution >= 0.6 is 12.4 Å². The molecular formula is C18H28ClN3O4. The monoisotopic (exact) mass is 385 g/mol. The first-order chi connectivity index (χ1) is 12.1. The molecule has 7 nitrogen and oxygen atoms in total. The van der Waals surface area contributed by atoms with Crippen LogP contribution in [-0.2, 0) is 4.79 Å². The quantitative estimate of drug-likeness (QED) is 0.742. The Labute approximate surface area is 160 Å². The van der Waals surface area contributed by atoms with Crippen LogP contribution in [0.1, 0.15) is 29.6 Å². The summed E-state index contributed by atoms with van der Waals surface area (Å²) in [4.78, 5) is 26.4. The van der Waals surface area contributed by atoms with Crippen molar-refractivity contribution in [3.05, 3.63) is 23.8 Å². The van der Waals surface area contributed by atoms with Gasteiger partial charge >= 0.3 is 0 Å². The summed E-state index contributed by atoms with van der Waals surface area (Å²) in [7, 11) is 4.94. The molecule has 0 aliphatic carbocycles. The number of carbonyl (C=O) groups is 2. The SMILES string of the molecule is CNCCC(=O)NC1CCN(C(=O)c2ccc(OC)cc2OC)CC1.Cl. The maximum atomic E-state index is 12.8. The lowest BCUT2D eigenvalue weighted by molar-refractivity contribution is -0.121.